The van der Waals surface area contributed by atoms with Crippen molar-refractivity contribution in [1.82, 2.24) is 0 Å². The number of benzene rings is 3. The van der Waals surface area contributed by atoms with Crippen LogP contribution in [0.25, 0.3) is 0 Å². The van der Waals surface area contributed by atoms with Gasteiger partial charge in [-0.1, -0.05) is 53.5 Å². The minimum Gasteiger partial charge on any atom is -0.454 e. The van der Waals surface area contributed by atoms with E-state index in [1.165, 1.54) is 40.8 Å². The van der Waals surface area contributed by atoms with Gasteiger partial charge in [-0.25, -0.2) is 4.79 Å². The number of amides is 2. The lowest BCUT2D eigenvalue weighted by Crippen LogP contribution is -2.33. The van der Waals surface area contributed by atoms with Crippen LogP contribution in [0.2, 0.25) is 10.0 Å². The molecule has 1 aliphatic heterocycles. The lowest BCUT2D eigenvalue weighted by atomic mass is 9.73. The van der Waals surface area contributed by atoms with Crippen LogP contribution in [-0.2, 0) is 14.3 Å². The number of ether oxygens (including phenoxy) is 1. The number of anilines is 1. The summed E-state index contributed by atoms with van der Waals surface area (Å²) in [4.78, 5) is 53.1. The SMILES string of the molecule is O=C(OCC(=O)c1ccc(Cl)cc1Cl)c1ccc(N2C(=O)[C@@H]3[C@H]4C[C@H]([C@H]3C2=O)[C@@H](c2ccccc2)C4)cc1. The maximum Gasteiger partial charge on any atom is 0.338 e. The number of Topliss-reactive ketones (excluding diaryl/α,β-unsaturated/α-hetero) is 1. The Morgan fingerprint density at radius 1 is 0.868 bits per heavy atom. The molecule has 3 aliphatic rings. The molecular weight excluding hydrogens is 525 g/mol. The molecule has 6 nitrogen and oxygen atoms in total. The van der Waals surface area contributed by atoms with Crippen LogP contribution in [0.4, 0.5) is 5.69 Å². The van der Waals surface area contributed by atoms with Crippen LogP contribution in [0.15, 0.2) is 72.8 Å². The lowest BCUT2D eigenvalue weighted by molar-refractivity contribution is -0.123. The van der Waals surface area contributed by atoms with Crippen LogP contribution in [0.5, 0.6) is 0 Å². The number of imide groups is 1. The zero-order valence-electron chi connectivity index (χ0n) is 20.2. The summed E-state index contributed by atoms with van der Waals surface area (Å²) in [6.45, 7) is -0.486. The number of carbonyl (C=O) groups excluding carboxylic acids is 4. The average molecular weight is 548 g/mol. The molecular formula is C30H23Cl2NO5. The highest BCUT2D eigenvalue weighted by molar-refractivity contribution is 6.36. The molecule has 0 aromatic heterocycles. The molecule has 2 amide bonds. The predicted molar refractivity (Wildman–Crippen MR) is 142 cm³/mol. The van der Waals surface area contributed by atoms with Gasteiger partial charge in [-0.05, 0) is 78.6 Å². The monoisotopic (exact) mass is 547 g/mol. The van der Waals surface area contributed by atoms with E-state index in [0.717, 1.165) is 12.8 Å². The van der Waals surface area contributed by atoms with Crippen LogP contribution in [0, 0.1) is 23.7 Å². The van der Waals surface area contributed by atoms with E-state index in [2.05, 4.69) is 12.1 Å². The summed E-state index contributed by atoms with van der Waals surface area (Å²) < 4.78 is 5.16. The predicted octanol–water partition coefficient (Wildman–Crippen LogP) is 5.96. The van der Waals surface area contributed by atoms with E-state index < -0.39 is 18.4 Å². The van der Waals surface area contributed by atoms with E-state index >= 15 is 0 Å². The molecule has 6 rings (SSSR count). The highest BCUT2D eigenvalue weighted by Crippen LogP contribution is 2.61. The van der Waals surface area contributed by atoms with Crippen molar-refractivity contribution in [2.45, 2.75) is 18.8 Å². The highest BCUT2D eigenvalue weighted by Gasteiger charge is 2.64. The summed E-state index contributed by atoms with van der Waals surface area (Å²) >= 11 is 11.9. The highest BCUT2D eigenvalue weighted by atomic mass is 35.5. The summed E-state index contributed by atoms with van der Waals surface area (Å²) in [6, 6.07) is 20.8. The van der Waals surface area contributed by atoms with Crippen molar-refractivity contribution < 1.29 is 23.9 Å². The molecule has 0 radical (unpaired) electrons. The molecule has 2 bridgehead atoms. The molecule has 3 fully saturated rings. The Kier molecular flexibility index (Phi) is 6.33. The van der Waals surface area contributed by atoms with Crippen molar-refractivity contribution in [1.29, 1.82) is 0 Å². The number of carbonyl (C=O) groups is 4. The van der Waals surface area contributed by atoms with E-state index in [4.69, 9.17) is 27.9 Å². The van der Waals surface area contributed by atoms with E-state index in [1.807, 2.05) is 18.2 Å². The van der Waals surface area contributed by atoms with E-state index in [9.17, 15) is 19.2 Å². The zero-order chi connectivity index (χ0) is 26.6. The van der Waals surface area contributed by atoms with Crippen LogP contribution < -0.4 is 4.90 Å². The summed E-state index contributed by atoms with van der Waals surface area (Å²) in [5.41, 5.74) is 2.08. The lowest BCUT2D eigenvalue weighted by Gasteiger charge is -2.28. The van der Waals surface area contributed by atoms with Gasteiger partial charge >= 0.3 is 5.97 Å². The second-order valence-corrected chi connectivity index (χ2v) is 11.0. The molecule has 0 spiro atoms. The molecule has 8 heteroatoms. The number of rotatable bonds is 6. The Morgan fingerprint density at radius 2 is 1.58 bits per heavy atom. The molecule has 2 aliphatic carbocycles. The van der Waals surface area contributed by atoms with Gasteiger partial charge in [0.2, 0.25) is 17.6 Å². The second kappa shape index (κ2) is 9.68. The fourth-order valence-corrected chi connectivity index (χ4v) is 7.07. The van der Waals surface area contributed by atoms with E-state index in [1.54, 1.807) is 12.1 Å². The topological polar surface area (TPSA) is 80.8 Å². The third kappa shape index (κ3) is 4.12. The van der Waals surface area contributed by atoms with Crippen LogP contribution in [-0.4, -0.2) is 30.2 Å². The summed E-state index contributed by atoms with van der Waals surface area (Å²) in [5, 5.41) is 0.571. The Labute approximate surface area is 229 Å². The molecule has 2 saturated carbocycles. The number of esters is 1. The Hall–Kier alpha value is -3.48. The maximum absolute atomic E-state index is 13.5. The van der Waals surface area contributed by atoms with Crippen LogP contribution >= 0.6 is 23.2 Å². The fraction of sp³-hybridized carbons (Fsp3) is 0.267. The van der Waals surface area contributed by atoms with Crippen molar-refractivity contribution >= 4 is 52.5 Å². The first kappa shape index (κ1) is 24.8. The van der Waals surface area contributed by atoms with Crippen molar-refractivity contribution in [2.75, 3.05) is 11.5 Å². The average Bonchev–Trinajstić information content (AvgIpc) is 3.59. The van der Waals surface area contributed by atoms with Gasteiger partial charge < -0.3 is 4.74 Å². The fourth-order valence-electron chi connectivity index (χ4n) is 6.55. The molecule has 0 unspecified atom stereocenters. The van der Waals surface area contributed by atoms with Gasteiger partial charge in [0.15, 0.2) is 6.61 Å². The molecule has 3 aromatic carbocycles. The number of halogens is 2. The van der Waals surface area contributed by atoms with Gasteiger partial charge in [0, 0.05) is 10.6 Å². The number of fused-ring (bicyclic) bond motifs is 5. The number of nitrogens with zero attached hydrogens (tertiary/aromatic N) is 1. The quantitative estimate of drug-likeness (QED) is 0.216. The first-order valence-electron chi connectivity index (χ1n) is 12.5. The van der Waals surface area contributed by atoms with Crippen LogP contribution in [0.1, 0.15) is 45.0 Å². The molecule has 1 saturated heterocycles. The van der Waals surface area contributed by atoms with Gasteiger partial charge in [-0.2, -0.15) is 0 Å². The summed E-state index contributed by atoms with van der Waals surface area (Å²) in [6.07, 6.45) is 1.83. The second-order valence-electron chi connectivity index (χ2n) is 10.1. The molecule has 5 atom stereocenters. The normalized spacial score (nSPS) is 25.5. The van der Waals surface area contributed by atoms with Gasteiger partial charge in [0.25, 0.3) is 0 Å². The van der Waals surface area contributed by atoms with Crippen molar-refractivity contribution in [3.05, 3.63) is 99.5 Å². The molecule has 1 heterocycles. The molecule has 38 heavy (non-hydrogen) atoms. The molecule has 0 N–H and O–H groups in total. The third-order valence-corrected chi connectivity index (χ3v) is 8.72. The minimum absolute atomic E-state index is 0.153. The van der Waals surface area contributed by atoms with Gasteiger partial charge in [0.1, 0.15) is 0 Å². The van der Waals surface area contributed by atoms with Crippen LogP contribution in [0.3, 0.4) is 0 Å². The van der Waals surface area contributed by atoms with Gasteiger partial charge in [-0.3, -0.25) is 19.3 Å². The Bertz CT molecular complexity index is 1460. The van der Waals surface area contributed by atoms with Crippen molar-refractivity contribution in [3.8, 4) is 0 Å². The maximum atomic E-state index is 13.5. The van der Waals surface area contributed by atoms with Crippen molar-refractivity contribution in [3.63, 3.8) is 0 Å². The number of hydrogen-bond acceptors (Lipinski definition) is 5. The van der Waals surface area contributed by atoms with E-state index in [0.29, 0.717) is 16.6 Å². The van der Waals surface area contributed by atoms with Crippen molar-refractivity contribution in [2.24, 2.45) is 23.7 Å². The number of hydrogen-bond donors (Lipinski definition) is 0. The third-order valence-electron chi connectivity index (χ3n) is 8.17. The van der Waals surface area contributed by atoms with Gasteiger partial charge in [0.05, 0.1) is 28.1 Å². The van der Waals surface area contributed by atoms with Gasteiger partial charge in [-0.15, -0.1) is 0 Å². The Balaban J connectivity index is 1.13. The first-order valence-corrected chi connectivity index (χ1v) is 13.3. The molecule has 3 aromatic rings. The summed E-state index contributed by atoms with van der Waals surface area (Å²) in [7, 11) is 0. The largest absolute Gasteiger partial charge is 0.454 e. The summed E-state index contributed by atoms with van der Waals surface area (Å²) in [5.74, 6) is -1.39. The number of ketones is 1. The minimum atomic E-state index is -0.699. The molecule has 192 valence electrons. The zero-order valence-corrected chi connectivity index (χ0v) is 21.7. The smallest absolute Gasteiger partial charge is 0.338 e. The Morgan fingerprint density at radius 3 is 2.29 bits per heavy atom. The first-order chi connectivity index (χ1) is 18.3. The van der Waals surface area contributed by atoms with E-state index in [-0.39, 0.29) is 51.6 Å². The standard InChI is InChI=1S/C30H23Cl2NO5/c31-19-8-11-21(24(32)14-19)25(34)15-38-30(37)17-6-9-20(10-7-17)33-28(35)26-18-12-22(16-4-2-1-3-5-16)23(13-18)27(26)29(33)36/h1-11,14,18,22-23,26-27H,12-13,15H2/t18-,22-,23+,26-,27-/m1/s1.